The first-order chi connectivity index (χ1) is 10.6. The predicted molar refractivity (Wildman–Crippen MR) is 84.0 cm³/mol. The molecule has 0 saturated carbocycles. The smallest absolute Gasteiger partial charge is 0.251 e. The quantitative estimate of drug-likeness (QED) is 0.887. The van der Waals surface area contributed by atoms with Crippen LogP contribution in [0.4, 0.5) is 0 Å². The summed E-state index contributed by atoms with van der Waals surface area (Å²) in [5, 5.41) is 5.40. The minimum Gasteiger partial charge on any atom is -0.497 e. The van der Waals surface area contributed by atoms with E-state index in [1.54, 1.807) is 50.6 Å². The summed E-state index contributed by atoms with van der Waals surface area (Å²) in [6.07, 6.45) is 0. The lowest BCUT2D eigenvalue weighted by molar-refractivity contribution is 0.0946. The summed E-state index contributed by atoms with van der Waals surface area (Å²) < 4.78 is 5.05. The minimum absolute atomic E-state index is 0.131. The van der Waals surface area contributed by atoms with E-state index in [9.17, 15) is 9.59 Å². The lowest BCUT2D eigenvalue weighted by Crippen LogP contribution is -2.23. The van der Waals surface area contributed by atoms with Crippen molar-refractivity contribution in [2.45, 2.75) is 6.54 Å². The van der Waals surface area contributed by atoms with E-state index in [0.717, 1.165) is 5.56 Å². The molecule has 2 rings (SSSR count). The number of benzene rings is 2. The van der Waals surface area contributed by atoms with Gasteiger partial charge in [0.1, 0.15) is 5.75 Å². The highest BCUT2D eigenvalue weighted by Gasteiger charge is 2.06. The summed E-state index contributed by atoms with van der Waals surface area (Å²) in [5.41, 5.74) is 2.09. The van der Waals surface area contributed by atoms with Crippen LogP contribution < -0.4 is 15.4 Å². The van der Waals surface area contributed by atoms with Gasteiger partial charge in [-0.1, -0.05) is 12.1 Å². The Morgan fingerprint density at radius 1 is 0.909 bits per heavy atom. The summed E-state index contributed by atoms with van der Waals surface area (Å²) in [7, 11) is 3.17. The van der Waals surface area contributed by atoms with Crippen LogP contribution >= 0.6 is 0 Å². The van der Waals surface area contributed by atoms with E-state index in [2.05, 4.69) is 10.6 Å². The van der Waals surface area contributed by atoms with Gasteiger partial charge in [-0.15, -0.1) is 0 Å². The number of amides is 2. The topological polar surface area (TPSA) is 67.4 Å². The number of hydrogen-bond acceptors (Lipinski definition) is 3. The lowest BCUT2D eigenvalue weighted by Gasteiger charge is -2.07. The molecule has 2 aromatic rings. The number of ether oxygens (including phenoxy) is 1. The SMILES string of the molecule is CNC(=O)c1ccc(CNC(=O)c2ccc(OC)cc2)cc1. The third-order valence-corrected chi connectivity index (χ3v) is 3.25. The molecular weight excluding hydrogens is 280 g/mol. The number of hydrogen-bond donors (Lipinski definition) is 2. The summed E-state index contributed by atoms with van der Waals surface area (Å²) in [4.78, 5) is 23.5. The molecule has 0 bridgehead atoms. The van der Waals surface area contributed by atoms with E-state index in [0.29, 0.717) is 23.4 Å². The van der Waals surface area contributed by atoms with Crippen LogP contribution in [-0.4, -0.2) is 26.0 Å². The molecule has 114 valence electrons. The van der Waals surface area contributed by atoms with Crippen molar-refractivity contribution in [2.75, 3.05) is 14.2 Å². The van der Waals surface area contributed by atoms with Crippen molar-refractivity contribution in [3.63, 3.8) is 0 Å². The largest absolute Gasteiger partial charge is 0.497 e. The molecule has 2 aromatic carbocycles. The molecular formula is C17H18N2O3. The first kappa shape index (κ1) is 15.6. The summed E-state index contributed by atoms with van der Waals surface area (Å²) in [6.45, 7) is 0.402. The Morgan fingerprint density at radius 3 is 2.00 bits per heavy atom. The first-order valence-electron chi connectivity index (χ1n) is 6.87. The van der Waals surface area contributed by atoms with Crippen LogP contribution in [0.5, 0.6) is 5.75 Å². The Hall–Kier alpha value is -2.82. The van der Waals surface area contributed by atoms with E-state index >= 15 is 0 Å². The van der Waals surface area contributed by atoms with Gasteiger partial charge in [0.2, 0.25) is 0 Å². The Morgan fingerprint density at radius 2 is 1.45 bits per heavy atom. The maximum absolute atomic E-state index is 12.0. The van der Waals surface area contributed by atoms with Crippen LogP contribution in [0.1, 0.15) is 26.3 Å². The van der Waals surface area contributed by atoms with Gasteiger partial charge < -0.3 is 15.4 Å². The number of carbonyl (C=O) groups is 2. The van der Waals surface area contributed by atoms with Gasteiger partial charge in [-0.2, -0.15) is 0 Å². The van der Waals surface area contributed by atoms with Gasteiger partial charge in [0, 0.05) is 24.7 Å². The molecule has 0 atom stereocenters. The fourth-order valence-electron chi connectivity index (χ4n) is 1.95. The average molecular weight is 298 g/mol. The van der Waals surface area contributed by atoms with Gasteiger partial charge in [0.25, 0.3) is 11.8 Å². The summed E-state index contributed by atoms with van der Waals surface area (Å²) >= 11 is 0. The molecule has 5 nitrogen and oxygen atoms in total. The van der Waals surface area contributed by atoms with Crippen molar-refractivity contribution in [1.29, 1.82) is 0 Å². The Bertz CT molecular complexity index is 649. The number of carbonyl (C=O) groups excluding carboxylic acids is 2. The molecule has 0 fully saturated rings. The number of nitrogens with one attached hydrogen (secondary N) is 2. The molecule has 2 amide bonds. The van der Waals surface area contributed by atoms with Crippen LogP contribution in [0, 0.1) is 0 Å². The highest BCUT2D eigenvalue weighted by atomic mass is 16.5. The van der Waals surface area contributed by atoms with Gasteiger partial charge in [-0.3, -0.25) is 9.59 Å². The summed E-state index contributed by atoms with van der Waals surface area (Å²) in [5.74, 6) is 0.424. The first-order valence-corrected chi connectivity index (χ1v) is 6.87. The van der Waals surface area contributed by atoms with Crippen LogP contribution in [0.2, 0.25) is 0 Å². The average Bonchev–Trinajstić information content (AvgIpc) is 2.59. The summed E-state index contributed by atoms with van der Waals surface area (Å²) in [6, 6.07) is 14.0. The second-order valence-electron chi connectivity index (χ2n) is 4.69. The molecule has 0 aliphatic carbocycles. The van der Waals surface area contributed by atoms with Crippen molar-refractivity contribution in [1.82, 2.24) is 10.6 Å². The van der Waals surface area contributed by atoms with Crippen molar-refractivity contribution in [3.8, 4) is 5.75 Å². The molecule has 2 N–H and O–H groups in total. The zero-order valence-corrected chi connectivity index (χ0v) is 12.6. The van der Waals surface area contributed by atoms with Crippen molar-refractivity contribution < 1.29 is 14.3 Å². The van der Waals surface area contributed by atoms with Crippen molar-refractivity contribution >= 4 is 11.8 Å². The van der Waals surface area contributed by atoms with Crippen LogP contribution in [0.3, 0.4) is 0 Å². The highest BCUT2D eigenvalue weighted by Crippen LogP contribution is 2.11. The number of rotatable bonds is 5. The van der Waals surface area contributed by atoms with Gasteiger partial charge >= 0.3 is 0 Å². The Balaban J connectivity index is 1.94. The molecule has 0 aliphatic rings. The zero-order chi connectivity index (χ0) is 15.9. The van der Waals surface area contributed by atoms with Crippen molar-refractivity contribution in [3.05, 3.63) is 65.2 Å². The fourth-order valence-corrected chi connectivity index (χ4v) is 1.95. The normalized spacial score (nSPS) is 9.91. The maximum atomic E-state index is 12.0. The Labute approximate surface area is 129 Å². The zero-order valence-electron chi connectivity index (χ0n) is 12.6. The van der Waals surface area contributed by atoms with E-state index in [1.807, 2.05) is 12.1 Å². The third-order valence-electron chi connectivity index (χ3n) is 3.25. The molecule has 0 spiro atoms. The minimum atomic E-state index is -0.155. The second kappa shape index (κ2) is 7.26. The van der Waals surface area contributed by atoms with E-state index in [1.165, 1.54) is 0 Å². The van der Waals surface area contributed by atoms with E-state index in [4.69, 9.17) is 4.74 Å². The molecule has 0 saturated heterocycles. The second-order valence-corrected chi connectivity index (χ2v) is 4.69. The number of methoxy groups -OCH3 is 1. The lowest BCUT2D eigenvalue weighted by atomic mass is 10.1. The van der Waals surface area contributed by atoms with E-state index < -0.39 is 0 Å². The molecule has 0 aromatic heterocycles. The molecule has 0 aliphatic heterocycles. The van der Waals surface area contributed by atoms with Crippen LogP contribution in [0.25, 0.3) is 0 Å². The molecule has 22 heavy (non-hydrogen) atoms. The van der Waals surface area contributed by atoms with Crippen molar-refractivity contribution in [2.24, 2.45) is 0 Å². The molecule has 0 radical (unpaired) electrons. The van der Waals surface area contributed by atoms with Gasteiger partial charge in [-0.05, 0) is 42.0 Å². The molecule has 0 unspecified atom stereocenters. The monoisotopic (exact) mass is 298 g/mol. The van der Waals surface area contributed by atoms with Gasteiger partial charge in [0.05, 0.1) is 7.11 Å². The predicted octanol–water partition coefficient (Wildman–Crippen LogP) is 1.98. The fraction of sp³-hybridized carbons (Fsp3) is 0.176. The standard InChI is InChI=1S/C17H18N2O3/c1-18-16(20)13-5-3-12(4-6-13)11-19-17(21)14-7-9-15(22-2)10-8-14/h3-10H,11H2,1-2H3,(H,18,20)(H,19,21). The van der Waals surface area contributed by atoms with E-state index in [-0.39, 0.29) is 11.8 Å². The van der Waals surface area contributed by atoms with Crippen LogP contribution in [0.15, 0.2) is 48.5 Å². The molecule has 5 heteroatoms. The third kappa shape index (κ3) is 3.85. The van der Waals surface area contributed by atoms with Gasteiger partial charge in [0.15, 0.2) is 0 Å². The molecule has 0 heterocycles. The Kier molecular flexibility index (Phi) is 5.14. The van der Waals surface area contributed by atoms with Gasteiger partial charge in [-0.25, -0.2) is 0 Å². The maximum Gasteiger partial charge on any atom is 0.251 e. The highest BCUT2D eigenvalue weighted by molar-refractivity contribution is 5.94. The van der Waals surface area contributed by atoms with Crippen LogP contribution in [-0.2, 0) is 6.54 Å².